The molecule has 0 saturated heterocycles. The average Bonchev–Trinajstić information content (AvgIpc) is 3.45. The van der Waals surface area contributed by atoms with Crippen molar-refractivity contribution in [1.82, 2.24) is 4.98 Å². The molecule has 0 aliphatic heterocycles. The van der Waals surface area contributed by atoms with Crippen molar-refractivity contribution in [2.45, 2.75) is 0 Å². The van der Waals surface area contributed by atoms with Crippen molar-refractivity contribution in [3.8, 4) is 21.7 Å². The van der Waals surface area contributed by atoms with E-state index in [0.717, 1.165) is 11.2 Å². The molecule has 2 aromatic heterocycles. The standard InChI is InChI=1S/C18H12NS.C5H5.Fe/c1-2-5-16-13(4-1)9-10-17(19-16)14-7-8-15(12-14)18-6-3-11-20-18;1-2-4-5-3-1;/h1-12H;1-5H;/q-1;-5;. The van der Waals surface area contributed by atoms with Gasteiger partial charge in [0, 0.05) is 28.1 Å². The van der Waals surface area contributed by atoms with Crippen molar-refractivity contribution in [3.05, 3.63) is 102 Å². The van der Waals surface area contributed by atoms with Crippen LogP contribution in [0.5, 0.6) is 0 Å². The summed E-state index contributed by atoms with van der Waals surface area (Å²) in [5.41, 5.74) is 4.53. The Bertz CT molecular complexity index is 1030. The summed E-state index contributed by atoms with van der Waals surface area (Å²) in [6.45, 7) is 0. The van der Waals surface area contributed by atoms with E-state index in [2.05, 4.69) is 60.0 Å². The third-order valence-electron chi connectivity index (χ3n) is 4.01. The molecule has 26 heavy (non-hydrogen) atoms. The molecule has 0 aliphatic carbocycles. The van der Waals surface area contributed by atoms with Crippen LogP contribution in [-0.2, 0) is 17.1 Å². The topological polar surface area (TPSA) is 12.9 Å². The van der Waals surface area contributed by atoms with Crippen LogP contribution in [-0.4, -0.2) is 4.98 Å². The molecular formula is C23H17FeNS-6. The molecule has 0 saturated carbocycles. The zero-order valence-electron chi connectivity index (χ0n) is 14.0. The van der Waals surface area contributed by atoms with Crippen LogP contribution in [0.15, 0.2) is 102 Å². The van der Waals surface area contributed by atoms with Gasteiger partial charge in [-0.2, -0.15) is 17.4 Å². The predicted octanol–water partition coefficient (Wildman–Crippen LogP) is 6.75. The molecule has 2 heterocycles. The maximum absolute atomic E-state index is 4.74. The summed E-state index contributed by atoms with van der Waals surface area (Å²) in [4.78, 5) is 6.05. The Morgan fingerprint density at radius 2 is 1.58 bits per heavy atom. The molecule has 3 heteroatoms. The number of pyridine rings is 1. The van der Waals surface area contributed by atoms with Crippen LogP contribution >= 0.6 is 11.3 Å². The molecule has 0 spiro atoms. The van der Waals surface area contributed by atoms with Crippen LogP contribution in [0.2, 0.25) is 0 Å². The summed E-state index contributed by atoms with van der Waals surface area (Å²) < 4.78 is 0. The number of rotatable bonds is 2. The fourth-order valence-corrected chi connectivity index (χ4v) is 3.47. The van der Waals surface area contributed by atoms with E-state index >= 15 is 0 Å². The Morgan fingerprint density at radius 1 is 0.808 bits per heavy atom. The monoisotopic (exact) mass is 395 g/mol. The van der Waals surface area contributed by atoms with Crippen LogP contribution in [0.1, 0.15) is 0 Å². The van der Waals surface area contributed by atoms with Crippen molar-refractivity contribution < 1.29 is 17.1 Å². The van der Waals surface area contributed by atoms with Gasteiger partial charge in [-0.25, -0.2) is 0 Å². The number of hydrogen-bond donors (Lipinski definition) is 0. The number of fused-ring (bicyclic) bond motifs is 1. The molecule has 0 bridgehead atoms. The average molecular weight is 395 g/mol. The smallest absolute Gasteiger partial charge is 0.0699 e. The first kappa shape index (κ1) is 18.3. The molecule has 0 atom stereocenters. The summed E-state index contributed by atoms with van der Waals surface area (Å²) in [5, 5.41) is 3.29. The van der Waals surface area contributed by atoms with Crippen LogP contribution in [0, 0.1) is 0 Å². The predicted molar refractivity (Wildman–Crippen MR) is 108 cm³/mol. The molecular weight excluding hydrogens is 378 g/mol. The van der Waals surface area contributed by atoms with E-state index in [9.17, 15) is 0 Å². The summed E-state index contributed by atoms with van der Waals surface area (Å²) in [7, 11) is 0. The largest absolute Gasteiger partial charge is 0.748 e. The van der Waals surface area contributed by atoms with Crippen molar-refractivity contribution in [2.24, 2.45) is 0 Å². The minimum Gasteiger partial charge on any atom is -0.748 e. The van der Waals surface area contributed by atoms with Gasteiger partial charge in [0.1, 0.15) is 0 Å². The Balaban J connectivity index is 0.000000285. The SMILES string of the molecule is [Fe].[cH-]1[cH-][cH-][cH-][cH-]1.c1csc(-[c-]2ccc(-c3ccc4ccccc4n3)c2)c1. The normalized spacial score (nSPS) is 10.0. The second-order valence-corrected chi connectivity index (χ2v) is 6.66. The maximum Gasteiger partial charge on any atom is 0.0699 e. The maximum atomic E-state index is 4.74. The van der Waals surface area contributed by atoms with E-state index in [-0.39, 0.29) is 17.1 Å². The van der Waals surface area contributed by atoms with Gasteiger partial charge in [-0.15, -0.1) is 23.8 Å². The molecule has 5 aromatic rings. The molecule has 5 rings (SSSR count). The van der Waals surface area contributed by atoms with Gasteiger partial charge in [0.25, 0.3) is 0 Å². The zero-order chi connectivity index (χ0) is 16.9. The van der Waals surface area contributed by atoms with Gasteiger partial charge in [0.15, 0.2) is 0 Å². The summed E-state index contributed by atoms with van der Waals surface area (Å²) >= 11 is 1.77. The van der Waals surface area contributed by atoms with Gasteiger partial charge in [0.2, 0.25) is 0 Å². The molecule has 1 nitrogen and oxygen atoms in total. The molecule has 0 aliphatic rings. The van der Waals surface area contributed by atoms with Crippen molar-refractivity contribution in [1.29, 1.82) is 0 Å². The zero-order valence-corrected chi connectivity index (χ0v) is 15.9. The molecule has 0 fully saturated rings. The number of hydrogen-bond acceptors (Lipinski definition) is 2. The second-order valence-electron chi connectivity index (χ2n) is 5.72. The fourth-order valence-electron chi connectivity index (χ4n) is 2.75. The quantitative estimate of drug-likeness (QED) is 0.238. The van der Waals surface area contributed by atoms with Gasteiger partial charge in [-0.05, 0) is 22.4 Å². The van der Waals surface area contributed by atoms with Crippen LogP contribution in [0.3, 0.4) is 0 Å². The minimum absolute atomic E-state index is 0. The van der Waals surface area contributed by atoms with Gasteiger partial charge >= 0.3 is 0 Å². The first-order chi connectivity index (χ1) is 12.4. The number of aromatic nitrogens is 1. The minimum atomic E-state index is 0. The van der Waals surface area contributed by atoms with Crippen molar-refractivity contribution >= 4 is 22.2 Å². The number of para-hydroxylation sites is 1. The van der Waals surface area contributed by atoms with Gasteiger partial charge in [-0.1, -0.05) is 35.9 Å². The van der Waals surface area contributed by atoms with E-state index in [4.69, 9.17) is 4.98 Å². The fraction of sp³-hybridized carbons (Fsp3) is 0. The molecule has 0 amide bonds. The Labute approximate surface area is 168 Å². The van der Waals surface area contributed by atoms with Gasteiger partial charge in [0.05, 0.1) is 5.52 Å². The van der Waals surface area contributed by atoms with Crippen molar-refractivity contribution in [3.63, 3.8) is 0 Å². The van der Waals surface area contributed by atoms with Gasteiger partial charge < -0.3 is 30.3 Å². The van der Waals surface area contributed by atoms with E-state index in [1.807, 2.05) is 42.5 Å². The Kier molecular flexibility index (Phi) is 6.19. The first-order valence-electron chi connectivity index (χ1n) is 8.24. The second kappa shape index (κ2) is 8.77. The summed E-state index contributed by atoms with van der Waals surface area (Å²) in [5.74, 6) is 0. The number of thiophene rings is 1. The molecule has 3 aromatic carbocycles. The molecule has 0 radical (unpaired) electrons. The van der Waals surface area contributed by atoms with E-state index in [0.29, 0.717) is 0 Å². The van der Waals surface area contributed by atoms with Crippen LogP contribution in [0.25, 0.3) is 32.6 Å². The molecule has 134 valence electrons. The van der Waals surface area contributed by atoms with Gasteiger partial charge in [-0.3, -0.25) is 4.98 Å². The number of nitrogens with zero attached hydrogens (tertiary/aromatic N) is 1. The summed E-state index contributed by atoms with van der Waals surface area (Å²) in [6.07, 6.45) is 0. The van der Waals surface area contributed by atoms with Crippen LogP contribution < -0.4 is 0 Å². The van der Waals surface area contributed by atoms with E-state index in [1.165, 1.54) is 21.4 Å². The Morgan fingerprint density at radius 3 is 2.31 bits per heavy atom. The first-order valence-corrected chi connectivity index (χ1v) is 9.11. The third kappa shape index (κ3) is 4.20. The third-order valence-corrected chi connectivity index (χ3v) is 4.93. The van der Waals surface area contributed by atoms with Crippen LogP contribution in [0.4, 0.5) is 0 Å². The van der Waals surface area contributed by atoms with E-state index in [1.54, 1.807) is 11.3 Å². The molecule has 0 unspecified atom stereocenters. The number of benzene rings is 1. The molecule has 0 N–H and O–H groups in total. The van der Waals surface area contributed by atoms with Crippen molar-refractivity contribution in [2.75, 3.05) is 0 Å². The van der Waals surface area contributed by atoms with E-state index < -0.39 is 0 Å². The summed E-state index contributed by atoms with van der Waals surface area (Å²) in [6, 6.07) is 33.2. The Hall–Kier alpha value is -2.45.